The Labute approximate surface area is 97.5 Å². The molecule has 1 heterocycles. The highest BCUT2D eigenvalue weighted by Gasteiger charge is 2.48. The summed E-state index contributed by atoms with van der Waals surface area (Å²) in [6, 6.07) is 0. The first-order valence-electron chi connectivity index (χ1n) is 5.94. The molecule has 0 N–H and O–H groups in total. The number of carbonyl (C=O) groups excluding carboxylic acids is 1. The predicted molar refractivity (Wildman–Crippen MR) is 63.2 cm³/mol. The zero-order valence-electron chi connectivity index (χ0n) is 10.5. The first-order chi connectivity index (χ1) is 7.30. The molecule has 0 unspecified atom stereocenters. The first-order valence-corrected chi connectivity index (χ1v) is 5.94. The van der Waals surface area contributed by atoms with Crippen molar-refractivity contribution in [3.8, 4) is 0 Å². The number of hydrogen-bond acceptors (Lipinski definition) is 2. The van der Waals surface area contributed by atoms with Crippen LogP contribution in [0.3, 0.4) is 0 Å². The predicted octanol–water partition coefficient (Wildman–Crippen LogP) is 2.96. The van der Waals surface area contributed by atoms with E-state index >= 15 is 0 Å². The molecule has 0 atom stereocenters. The summed E-state index contributed by atoms with van der Waals surface area (Å²) in [6.45, 7) is 11.4. The topological polar surface area (TPSA) is 29.5 Å². The highest BCUT2D eigenvalue weighted by Crippen LogP contribution is 2.47. The second-order valence-electron chi connectivity index (χ2n) is 6.26. The summed E-state index contributed by atoms with van der Waals surface area (Å²) in [6.07, 6.45) is 3.23. The second-order valence-corrected chi connectivity index (χ2v) is 6.26. The van der Waals surface area contributed by atoms with Gasteiger partial charge in [-0.15, -0.1) is 0 Å². The van der Waals surface area contributed by atoms with Crippen molar-refractivity contribution < 1.29 is 9.53 Å². The summed E-state index contributed by atoms with van der Waals surface area (Å²) in [5.74, 6) is 0. The molecule has 1 saturated carbocycles. The van der Waals surface area contributed by atoms with Crippen molar-refractivity contribution in [3.63, 3.8) is 0 Å². The summed E-state index contributed by atoms with van der Waals surface area (Å²) in [7, 11) is 0. The maximum Gasteiger partial charge on any atom is 0.410 e. The fourth-order valence-corrected chi connectivity index (χ4v) is 2.64. The van der Waals surface area contributed by atoms with E-state index in [9.17, 15) is 4.79 Å². The lowest BCUT2D eigenvalue weighted by molar-refractivity contribution is -0.0308. The second kappa shape index (κ2) is 3.51. The van der Waals surface area contributed by atoms with E-state index in [-0.39, 0.29) is 11.7 Å². The van der Waals surface area contributed by atoms with E-state index in [0.717, 1.165) is 25.9 Å². The lowest BCUT2D eigenvalue weighted by Crippen LogP contribution is -2.58. The summed E-state index contributed by atoms with van der Waals surface area (Å²) < 4.78 is 5.34. The Bertz CT molecular complexity index is 321. The zero-order chi connectivity index (χ0) is 12.0. The SMILES string of the molecule is C=C1CCC2(C1)CN(C(=O)OC(C)(C)C)C2. The van der Waals surface area contributed by atoms with Gasteiger partial charge in [0.1, 0.15) is 5.60 Å². The molecule has 90 valence electrons. The highest BCUT2D eigenvalue weighted by molar-refractivity contribution is 5.69. The van der Waals surface area contributed by atoms with E-state index in [0.29, 0.717) is 5.41 Å². The van der Waals surface area contributed by atoms with Crippen molar-refractivity contribution in [3.05, 3.63) is 12.2 Å². The minimum Gasteiger partial charge on any atom is -0.444 e. The van der Waals surface area contributed by atoms with E-state index < -0.39 is 0 Å². The molecule has 2 fully saturated rings. The van der Waals surface area contributed by atoms with Crippen LogP contribution in [-0.4, -0.2) is 29.7 Å². The van der Waals surface area contributed by atoms with Gasteiger partial charge in [-0.25, -0.2) is 4.79 Å². The van der Waals surface area contributed by atoms with Gasteiger partial charge < -0.3 is 9.64 Å². The molecule has 0 aromatic heterocycles. The molecule has 1 saturated heterocycles. The van der Waals surface area contributed by atoms with Crippen LogP contribution in [0.4, 0.5) is 4.79 Å². The number of rotatable bonds is 0. The van der Waals surface area contributed by atoms with Crippen molar-refractivity contribution in [2.75, 3.05) is 13.1 Å². The Morgan fingerprint density at radius 3 is 2.50 bits per heavy atom. The molecule has 0 bridgehead atoms. The molecular formula is C13H21NO2. The van der Waals surface area contributed by atoms with Crippen LogP contribution >= 0.6 is 0 Å². The van der Waals surface area contributed by atoms with E-state index in [1.54, 1.807) is 0 Å². The maximum absolute atomic E-state index is 11.7. The van der Waals surface area contributed by atoms with Crippen LogP contribution < -0.4 is 0 Å². The summed E-state index contributed by atoms with van der Waals surface area (Å²) in [5, 5.41) is 0. The van der Waals surface area contributed by atoms with Crippen LogP contribution in [0.25, 0.3) is 0 Å². The van der Waals surface area contributed by atoms with Gasteiger partial charge in [-0.1, -0.05) is 12.2 Å². The molecule has 16 heavy (non-hydrogen) atoms. The number of allylic oxidation sites excluding steroid dienone is 1. The molecule has 0 aromatic rings. The molecule has 3 heteroatoms. The Balaban J connectivity index is 1.84. The molecule has 2 rings (SSSR count). The lowest BCUT2D eigenvalue weighted by Gasteiger charge is -2.47. The Morgan fingerprint density at radius 2 is 2.06 bits per heavy atom. The number of nitrogens with zero attached hydrogens (tertiary/aromatic N) is 1. The first kappa shape index (κ1) is 11.5. The molecule has 0 radical (unpaired) electrons. The molecular weight excluding hydrogens is 202 g/mol. The number of ether oxygens (including phenoxy) is 1. The fourth-order valence-electron chi connectivity index (χ4n) is 2.64. The van der Waals surface area contributed by atoms with Crippen molar-refractivity contribution in [2.45, 2.75) is 45.6 Å². The normalized spacial score (nSPS) is 23.4. The summed E-state index contributed by atoms with van der Waals surface area (Å²) in [4.78, 5) is 13.6. The molecule has 1 aliphatic carbocycles. The summed E-state index contributed by atoms with van der Waals surface area (Å²) in [5.41, 5.74) is 1.29. The van der Waals surface area contributed by atoms with Gasteiger partial charge in [-0.05, 0) is 40.0 Å². The number of carbonyl (C=O) groups is 1. The van der Waals surface area contributed by atoms with Crippen molar-refractivity contribution in [1.82, 2.24) is 4.90 Å². The lowest BCUT2D eigenvalue weighted by atomic mass is 9.78. The van der Waals surface area contributed by atoms with E-state index in [1.165, 1.54) is 12.0 Å². The van der Waals surface area contributed by atoms with Crippen molar-refractivity contribution in [2.24, 2.45) is 5.41 Å². The molecule has 1 spiro atoms. The maximum atomic E-state index is 11.7. The molecule has 2 aliphatic rings. The van der Waals surface area contributed by atoms with Gasteiger partial charge in [-0.2, -0.15) is 0 Å². The standard InChI is InChI=1S/C13H21NO2/c1-10-5-6-13(7-10)8-14(9-13)11(15)16-12(2,3)4/h1,5-9H2,2-4H3. The van der Waals surface area contributed by atoms with Gasteiger partial charge in [0.05, 0.1) is 0 Å². The Morgan fingerprint density at radius 1 is 1.44 bits per heavy atom. The van der Waals surface area contributed by atoms with Crippen LogP contribution in [0.2, 0.25) is 0 Å². The number of hydrogen-bond donors (Lipinski definition) is 0. The quantitative estimate of drug-likeness (QED) is 0.591. The van der Waals surface area contributed by atoms with Gasteiger partial charge in [0, 0.05) is 18.5 Å². The summed E-state index contributed by atoms with van der Waals surface area (Å²) >= 11 is 0. The third-order valence-electron chi connectivity index (χ3n) is 3.34. The zero-order valence-corrected chi connectivity index (χ0v) is 10.5. The minimum atomic E-state index is -0.390. The van der Waals surface area contributed by atoms with Crippen LogP contribution in [0, 0.1) is 5.41 Å². The Hall–Kier alpha value is -0.990. The van der Waals surface area contributed by atoms with Crippen LogP contribution in [0.15, 0.2) is 12.2 Å². The van der Waals surface area contributed by atoms with E-state index in [2.05, 4.69) is 6.58 Å². The van der Waals surface area contributed by atoms with E-state index in [1.807, 2.05) is 25.7 Å². The molecule has 1 amide bonds. The van der Waals surface area contributed by atoms with Crippen LogP contribution in [-0.2, 0) is 4.74 Å². The fraction of sp³-hybridized carbons (Fsp3) is 0.769. The average molecular weight is 223 g/mol. The average Bonchev–Trinajstić information content (AvgIpc) is 2.41. The number of likely N-dealkylation sites (tertiary alicyclic amines) is 1. The van der Waals surface area contributed by atoms with Crippen LogP contribution in [0.5, 0.6) is 0 Å². The minimum absolute atomic E-state index is 0.171. The number of amides is 1. The van der Waals surface area contributed by atoms with Gasteiger partial charge in [0.15, 0.2) is 0 Å². The van der Waals surface area contributed by atoms with Crippen molar-refractivity contribution in [1.29, 1.82) is 0 Å². The molecule has 0 aromatic carbocycles. The Kier molecular flexibility index (Phi) is 2.52. The highest BCUT2D eigenvalue weighted by atomic mass is 16.6. The van der Waals surface area contributed by atoms with Crippen molar-refractivity contribution >= 4 is 6.09 Å². The molecule has 3 nitrogen and oxygen atoms in total. The van der Waals surface area contributed by atoms with Gasteiger partial charge in [0.25, 0.3) is 0 Å². The smallest absolute Gasteiger partial charge is 0.410 e. The van der Waals surface area contributed by atoms with Gasteiger partial charge in [-0.3, -0.25) is 0 Å². The molecule has 1 aliphatic heterocycles. The van der Waals surface area contributed by atoms with Crippen LogP contribution in [0.1, 0.15) is 40.0 Å². The van der Waals surface area contributed by atoms with E-state index in [4.69, 9.17) is 4.74 Å². The monoisotopic (exact) mass is 223 g/mol. The largest absolute Gasteiger partial charge is 0.444 e. The van der Waals surface area contributed by atoms with Gasteiger partial charge >= 0.3 is 6.09 Å². The van der Waals surface area contributed by atoms with Gasteiger partial charge in [0.2, 0.25) is 0 Å². The third kappa shape index (κ3) is 2.23. The third-order valence-corrected chi connectivity index (χ3v) is 3.34.